The van der Waals surface area contributed by atoms with Crippen LogP contribution in [0.15, 0.2) is 170 Å². The van der Waals surface area contributed by atoms with Crippen LogP contribution in [0.1, 0.15) is 102 Å². The van der Waals surface area contributed by atoms with Gasteiger partial charge in [0.15, 0.2) is 0 Å². The summed E-state index contributed by atoms with van der Waals surface area (Å²) < 4.78 is 0. The molecule has 8 aromatic carbocycles. The van der Waals surface area contributed by atoms with Crippen molar-refractivity contribution in [3.8, 4) is 28.3 Å². The molecule has 1 saturated carbocycles. The molecule has 70 heavy (non-hydrogen) atoms. The van der Waals surface area contributed by atoms with E-state index in [4.69, 9.17) is 0 Å². The summed E-state index contributed by atoms with van der Waals surface area (Å²) in [5, 5.41) is 10.1. The smallest absolute Gasteiger partial charge is 0.252 e. The van der Waals surface area contributed by atoms with E-state index >= 15 is 0 Å². The highest BCUT2D eigenvalue weighted by Crippen LogP contribution is 2.63. The quantitative estimate of drug-likeness (QED) is 0.161. The maximum atomic E-state index is 10.1. The lowest BCUT2D eigenvalue weighted by Crippen LogP contribution is -2.61. The molecule has 0 N–H and O–H groups in total. The number of aryl methyl sites for hydroxylation is 1. The minimum Gasteiger partial charge on any atom is -0.334 e. The van der Waals surface area contributed by atoms with Gasteiger partial charge in [-0.05, 0) is 166 Å². The monoisotopic (exact) mass is 908 g/mol. The van der Waals surface area contributed by atoms with Crippen molar-refractivity contribution in [3.05, 3.63) is 198 Å². The molecule has 3 aliphatic heterocycles. The molecule has 0 bridgehead atoms. The summed E-state index contributed by atoms with van der Waals surface area (Å²) in [5.41, 5.74) is 23.8. The number of rotatable bonds is 5. The number of benzene rings is 8. The first-order valence-corrected chi connectivity index (χ1v) is 25.3. The molecule has 4 nitrogen and oxygen atoms in total. The number of hydrogen-bond donors (Lipinski definition) is 0. The van der Waals surface area contributed by atoms with E-state index < -0.39 is 0 Å². The first-order valence-electron chi connectivity index (χ1n) is 25.3. The van der Waals surface area contributed by atoms with Gasteiger partial charge >= 0.3 is 0 Å². The highest BCUT2D eigenvalue weighted by Gasteiger charge is 2.59. The molecule has 0 aromatic heterocycles. The maximum absolute atomic E-state index is 10.1. The van der Waals surface area contributed by atoms with Crippen LogP contribution in [0.4, 0.5) is 45.5 Å². The topological polar surface area (TPSA) is 33.5 Å². The minimum absolute atomic E-state index is 0.0127. The Morgan fingerprint density at radius 1 is 0.514 bits per heavy atom. The Kier molecular flexibility index (Phi) is 9.80. The van der Waals surface area contributed by atoms with Gasteiger partial charge in [-0.15, -0.1) is 0 Å². The van der Waals surface area contributed by atoms with Gasteiger partial charge < -0.3 is 14.7 Å². The van der Waals surface area contributed by atoms with Crippen LogP contribution < -0.4 is 31.1 Å². The summed E-state index contributed by atoms with van der Waals surface area (Å²) in [6, 6.07) is 66.6. The standard InChI is InChI=1S/C65H61BN4/c1-42-35-59-61-60(36-42)69(55-32-25-48(63(5,6)7)39-51(55)45-19-14-11-15-20-45)57-38-46(44-17-12-10-13-18-44)22-29-53(57)66(61)54-30-28-50(40-58(54)68(59)49-26-23-47(24-27-49)62(2,3)4)70-56-31-21-43(41-67)37-52(56)64(8)33-16-34-65(64,70)9/h10-15,17-32,35-40H,16,33-34H2,1-9H3. The van der Waals surface area contributed by atoms with Crippen molar-refractivity contribution in [1.82, 2.24) is 0 Å². The summed E-state index contributed by atoms with van der Waals surface area (Å²) in [6.45, 7) is 21.0. The molecule has 3 heterocycles. The zero-order valence-electron chi connectivity index (χ0n) is 42.2. The van der Waals surface area contributed by atoms with Crippen molar-refractivity contribution in [1.29, 1.82) is 5.26 Å². The van der Waals surface area contributed by atoms with Gasteiger partial charge in [-0.2, -0.15) is 5.26 Å². The van der Waals surface area contributed by atoms with Gasteiger partial charge in [-0.3, -0.25) is 0 Å². The molecule has 344 valence electrons. The van der Waals surface area contributed by atoms with Crippen molar-refractivity contribution in [3.63, 3.8) is 0 Å². The van der Waals surface area contributed by atoms with Gasteiger partial charge in [-0.1, -0.05) is 152 Å². The van der Waals surface area contributed by atoms with Crippen LogP contribution in [0, 0.1) is 18.3 Å². The second-order valence-corrected chi connectivity index (χ2v) is 23.0. The molecule has 12 rings (SSSR count). The Morgan fingerprint density at radius 2 is 1.11 bits per heavy atom. The molecule has 8 aromatic rings. The van der Waals surface area contributed by atoms with Gasteiger partial charge in [0.25, 0.3) is 6.71 Å². The lowest BCUT2D eigenvalue weighted by atomic mass is 9.33. The fourth-order valence-electron chi connectivity index (χ4n) is 12.8. The Balaban J connectivity index is 1.15. The van der Waals surface area contributed by atoms with Gasteiger partial charge in [0.1, 0.15) is 0 Å². The molecule has 1 fully saturated rings. The Labute approximate surface area is 416 Å². The number of fused-ring (bicyclic) bond motifs is 7. The van der Waals surface area contributed by atoms with Gasteiger partial charge in [0, 0.05) is 50.8 Å². The molecule has 0 radical (unpaired) electrons. The predicted octanol–water partition coefficient (Wildman–Crippen LogP) is 15.2. The maximum Gasteiger partial charge on any atom is 0.252 e. The fourth-order valence-corrected chi connectivity index (χ4v) is 12.8. The van der Waals surface area contributed by atoms with Crippen LogP contribution >= 0.6 is 0 Å². The van der Waals surface area contributed by atoms with Crippen molar-refractivity contribution >= 4 is 68.6 Å². The molecular formula is C65H61BN4. The second-order valence-electron chi connectivity index (χ2n) is 23.0. The third kappa shape index (κ3) is 6.56. The third-order valence-electron chi connectivity index (χ3n) is 16.7. The Morgan fingerprint density at radius 3 is 1.79 bits per heavy atom. The highest BCUT2D eigenvalue weighted by atomic mass is 15.3. The summed E-state index contributed by atoms with van der Waals surface area (Å²) in [6.07, 6.45) is 3.33. The number of anilines is 8. The van der Waals surface area contributed by atoms with Crippen LogP contribution in [-0.4, -0.2) is 12.3 Å². The van der Waals surface area contributed by atoms with E-state index in [9.17, 15) is 5.26 Å². The van der Waals surface area contributed by atoms with Gasteiger partial charge in [0.05, 0.1) is 22.9 Å². The summed E-state index contributed by atoms with van der Waals surface area (Å²) in [7, 11) is 0. The largest absolute Gasteiger partial charge is 0.334 e. The van der Waals surface area contributed by atoms with Crippen LogP contribution in [0.25, 0.3) is 22.3 Å². The third-order valence-corrected chi connectivity index (χ3v) is 16.7. The zero-order chi connectivity index (χ0) is 48.5. The second kappa shape index (κ2) is 15.6. The first-order chi connectivity index (χ1) is 33.6. The molecule has 0 spiro atoms. The number of hydrogen-bond acceptors (Lipinski definition) is 4. The van der Waals surface area contributed by atoms with E-state index in [2.05, 4.69) is 247 Å². The summed E-state index contributed by atoms with van der Waals surface area (Å²) in [4.78, 5) is 7.81. The fraction of sp³-hybridized carbons (Fsp3) is 0.246. The van der Waals surface area contributed by atoms with E-state index in [0.29, 0.717) is 0 Å². The number of nitrogens with zero attached hydrogens (tertiary/aromatic N) is 4. The average Bonchev–Trinajstić information content (AvgIpc) is 3.76. The van der Waals surface area contributed by atoms with Gasteiger partial charge in [0.2, 0.25) is 0 Å². The SMILES string of the molecule is Cc1cc2c3c(c1)N(c1ccc(C(C)(C)C)cc1-c1ccccc1)c1cc(-c4ccccc4)ccc1B3c1ccc(N3c4ccc(C#N)cc4C4(C)CCCC34C)cc1N2c1ccc(C(C)(C)C)cc1. The molecule has 4 aliphatic rings. The van der Waals surface area contributed by atoms with Crippen molar-refractivity contribution < 1.29 is 0 Å². The highest BCUT2D eigenvalue weighted by molar-refractivity contribution is 7.00. The Hall–Kier alpha value is -7.29. The first kappa shape index (κ1) is 44.0. The van der Waals surface area contributed by atoms with E-state index in [0.717, 1.165) is 30.5 Å². The molecule has 0 amide bonds. The molecule has 0 saturated heterocycles. The summed E-state index contributed by atoms with van der Waals surface area (Å²) in [5.74, 6) is 0. The molecule has 1 aliphatic carbocycles. The average molecular weight is 909 g/mol. The molecule has 2 atom stereocenters. The van der Waals surface area contributed by atoms with E-state index in [1.54, 1.807) is 0 Å². The zero-order valence-corrected chi connectivity index (χ0v) is 42.2. The van der Waals surface area contributed by atoms with Crippen molar-refractivity contribution in [2.45, 2.75) is 103 Å². The van der Waals surface area contributed by atoms with Gasteiger partial charge in [-0.25, -0.2) is 0 Å². The van der Waals surface area contributed by atoms with Crippen LogP contribution in [0.3, 0.4) is 0 Å². The normalized spacial score (nSPS) is 18.7. The number of nitriles is 1. The van der Waals surface area contributed by atoms with Crippen LogP contribution in [0.2, 0.25) is 0 Å². The van der Waals surface area contributed by atoms with E-state index in [1.165, 1.54) is 101 Å². The lowest BCUT2D eigenvalue weighted by molar-refractivity contribution is 0.330. The van der Waals surface area contributed by atoms with Crippen molar-refractivity contribution in [2.75, 3.05) is 14.7 Å². The molecular weight excluding hydrogens is 848 g/mol. The molecule has 5 heteroatoms. The van der Waals surface area contributed by atoms with Crippen molar-refractivity contribution in [2.24, 2.45) is 0 Å². The van der Waals surface area contributed by atoms with E-state index in [-0.39, 0.29) is 28.5 Å². The Bertz CT molecular complexity index is 3450. The summed E-state index contributed by atoms with van der Waals surface area (Å²) >= 11 is 0. The lowest BCUT2D eigenvalue weighted by Gasteiger charge is -2.46. The predicted molar refractivity (Wildman–Crippen MR) is 296 cm³/mol. The van der Waals surface area contributed by atoms with Crippen LogP contribution in [-0.2, 0) is 16.2 Å². The van der Waals surface area contributed by atoms with Crippen LogP contribution in [0.5, 0.6) is 0 Å². The molecule has 2 unspecified atom stereocenters. The minimum atomic E-state index is -0.155. The van der Waals surface area contributed by atoms with E-state index in [1.807, 2.05) is 6.07 Å².